The molecule has 0 spiro atoms. The topological polar surface area (TPSA) is 34.1 Å². The van der Waals surface area contributed by atoms with Gasteiger partial charge in [-0.1, -0.05) is 30.7 Å². The molecule has 112 valence electrons. The summed E-state index contributed by atoms with van der Waals surface area (Å²) in [6.45, 7) is 5.75. The third-order valence-corrected chi connectivity index (χ3v) is 3.33. The number of halogens is 2. The summed E-state index contributed by atoms with van der Waals surface area (Å²) in [5.41, 5.74) is 1.96. The van der Waals surface area contributed by atoms with Gasteiger partial charge in [0.1, 0.15) is 0 Å². The minimum absolute atomic E-state index is 0.0320. The van der Waals surface area contributed by atoms with E-state index in [0.29, 0.717) is 5.88 Å². The number of nitrogens with one attached hydrogen (secondary N) is 1. The SMILES string of the molecule is CCCNCc1ccc(Oc2cccc(Cl)c2F)nc1C. The second kappa shape index (κ2) is 7.38. The van der Waals surface area contributed by atoms with Gasteiger partial charge in [-0.3, -0.25) is 0 Å². The summed E-state index contributed by atoms with van der Waals surface area (Å²) in [5.74, 6) is -0.147. The van der Waals surface area contributed by atoms with Crippen LogP contribution >= 0.6 is 11.6 Å². The molecule has 1 N–H and O–H groups in total. The van der Waals surface area contributed by atoms with Gasteiger partial charge in [0.15, 0.2) is 11.6 Å². The van der Waals surface area contributed by atoms with Gasteiger partial charge in [-0.15, -0.1) is 0 Å². The van der Waals surface area contributed by atoms with E-state index in [1.165, 1.54) is 12.1 Å². The van der Waals surface area contributed by atoms with Crippen molar-refractivity contribution in [3.05, 3.63) is 52.4 Å². The molecule has 0 aliphatic rings. The predicted octanol–water partition coefficient (Wildman–Crippen LogP) is 4.47. The average Bonchev–Trinajstić information content (AvgIpc) is 2.46. The van der Waals surface area contributed by atoms with Crippen molar-refractivity contribution < 1.29 is 9.13 Å². The average molecular weight is 309 g/mol. The van der Waals surface area contributed by atoms with Gasteiger partial charge in [-0.05, 0) is 37.6 Å². The molecule has 0 radical (unpaired) electrons. The fourth-order valence-electron chi connectivity index (χ4n) is 1.89. The van der Waals surface area contributed by atoms with Gasteiger partial charge in [-0.2, -0.15) is 0 Å². The van der Waals surface area contributed by atoms with Gasteiger partial charge in [0, 0.05) is 18.3 Å². The standard InChI is InChI=1S/C16H18ClFN2O/c1-3-9-19-10-12-7-8-15(20-11(12)2)21-14-6-4-5-13(17)16(14)18/h4-8,19H,3,9-10H2,1-2H3. The highest BCUT2D eigenvalue weighted by Gasteiger charge is 2.10. The molecule has 21 heavy (non-hydrogen) atoms. The van der Waals surface area contributed by atoms with Gasteiger partial charge in [-0.25, -0.2) is 9.37 Å². The van der Waals surface area contributed by atoms with E-state index in [1.54, 1.807) is 12.1 Å². The molecular formula is C16H18ClFN2O. The molecule has 5 heteroatoms. The molecule has 2 aromatic rings. The predicted molar refractivity (Wildman–Crippen MR) is 82.5 cm³/mol. The van der Waals surface area contributed by atoms with Crippen molar-refractivity contribution in [3.8, 4) is 11.6 Å². The summed E-state index contributed by atoms with van der Waals surface area (Å²) in [7, 11) is 0. The number of pyridine rings is 1. The minimum Gasteiger partial charge on any atom is -0.436 e. The van der Waals surface area contributed by atoms with Crippen LogP contribution in [0, 0.1) is 12.7 Å². The van der Waals surface area contributed by atoms with E-state index in [9.17, 15) is 4.39 Å². The van der Waals surface area contributed by atoms with Crippen LogP contribution < -0.4 is 10.1 Å². The smallest absolute Gasteiger partial charge is 0.219 e. The van der Waals surface area contributed by atoms with Crippen molar-refractivity contribution >= 4 is 11.6 Å². The van der Waals surface area contributed by atoms with E-state index < -0.39 is 5.82 Å². The Morgan fingerprint density at radius 2 is 2.10 bits per heavy atom. The number of ether oxygens (including phenoxy) is 1. The lowest BCUT2D eigenvalue weighted by molar-refractivity contribution is 0.426. The van der Waals surface area contributed by atoms with E-state index >= 15 is 0 Å². The minimum atomic E-state index is -0.577. The fraction of sp³-hybridized carbons (Fsp3) is 0.312. The summed E-state index contributed by atoms with van der Waals surface area (Å²) in [5, 5.41) is 3.35. The van der Waals surface area contributed by atoms with Crippen LogP contribution in [0.15, 0.2) is 30.3 Å². The van der Waals surface area contributed by atoms with Gasteiger partial charge >= 0.3 is 0 Å². The summed E-state index contributed by atoms with van der Waals surface area (Å²) in [6, 6.07) is 8.30. The van der Waals surface area contributed by atoms with Crippen LogP contribution in [0.2, 0.25) is 5.02 Å². The molecule has 0 saturated heterocycles. The molecule has 0 unspecified atom stereocenters. The van der Waals surface area contributed by atoms with Crippen molar-refractivity contribution in [1.82, 2.24) is 10.3 Å². The maximum Gasteiger partial charge on any atom is 0.219 e. The van der Waals surface area contributed by atoms with Crippen LogP contribution in [0.3, 0.4) is 0 Å². The molecule has 0 fully saturated rings. The number of rotatable bonds is 6. The lowest BCUT2D eigenvalue weighted by Crippen LogP contribution is -2.15. The normalized spacial score (nSPS) is 10.7. The first-order valence-electron chi connectivity index (χ1n) is 6.91. The molecule has 3 nitrogen and oxygen atoms in total. The Morgan fingerprint density at radius 1 is 1.29 bits per heavy atom. The van der Waals surface area contributed by atoms with Crippen LogP contribution in [0.25, 0.3) is 0 Å². The third kappa shape index (κ3) is 4.16. The molecule has 1 aromatic carbocycles. The van der Waals surface area contributed by atoms with Crippen LogP contribution in [0.1, 0.15) is 24.6 Å². The van der Waals surface area contributed by atoms with E-state index in [0.717, 1.165) is 30.8 Å². The Hall–Kier alpha value is -1.65. The van der Waals surface area contributed by atoms with Crippen molar-refractivity contribution in [2.24, 2.45) is 0 Å². The highest BCUT2D eigenvalue weighted by Crippen LogP contribution is 2.28. The van der Waals surface area contributed by atoms with Gasteiger partial charge in [0.25, 0.3) is 0 Å². The first-order chi connectivity index (χ1) is 10.1. The fourth-order valence-corrected chi connectivity index (χ4v) is 2.05. The largest absolute Gasteiger partial charge is 0.436 e. The van der Waals surface area contributed by atoms with Crippen molar-refractivity contribution in [2.75, 3.05) is 6.54 Å². The first-order valence-corrected chi connectivity index (χ1v) is 7.28. The molecule has 0 atom stereocenters. The second-order valence-corrected chi connectivity index (χ2v) is 5.13. The number of aryl methyl sites for hydroxylation is 1. The third-order valence-electron chi connectivity index (χ3n) is 3.04. The maximum atomic E-state index is 13.8. The van der Waals surface area contributed by atoms with Crippen LogP contribution in [0.4, 0.5) is 4.39 Å². The Morgan fingerprint density at radius 3 is 2.81 bits per heavy atom. The Balaban J connectivity index is 2.11. The Labute approximate surface area is 129 Å². The highest BCUT2D eigenvalue weighted by atomic mass is 35.5. The summed E-state index contributed by atoms with van der Waals surface area (Å²) >= 11 is 5.72. The quantitative estimate of drug-likeness (QED) is 0.799. The first kappa shape index (κ1) is 15.7. The summed E-state index contributed by atoms with van der Waals surface area (Å²) in [4.78, 5) is 4.35. The zero-order valence-electron chi connectivity index (χ0n) is 12.1. The maximum absolute atomic E-state index is 13.8. The zero-order valence-corrected chi connectivity index (χ0v) is 12.9. The molecule has 0 aliphatic heterocycles. The molecule has 1 aromatic heterocycles. The number of aromatic nitrogens is 1. The van der Waals surface area contributed by atoms with E-state index in [4.69, 9.17) is 16.3 Å². The van der Waals surface area contributed by atoms with Crippen LogP contribution in [-0.2, 0) is 6.54 Å². The summed E-state index contributed by atoms with van der Waals surface area (Å²) in [6.07, 6.45) is 1.09. The molecule has 2 rings (SSSR count). The van der Waals surface area contributed by atoms with Gasteiger partial charge in [0.2, 0.25) is 5.88 Å². The van der Waals surface area contributed by atoms with Crippen LogP contribution in [0.5, 0.6) is 11.6 Å². The second-order valence-electron chi connectivity index (χ2n) is 4.72. The van der Waals surface area contributed by atoms with Crippen molar-refractivity contribution in [2.45, 2.75) is 26.8 Å². The molecule has 0 amide bonds. The molecule has 0 saturated carbocycles. The zero-order chi connectivity index (χ0) is 15.2. The monoisotopic (exact) mass is 308 g/mol. The number of benzene rings is 1. The Bertz CT molecular complexity index is 619. The summed E-state index contributed by atoms with van der Waals surface area (Å²) < 4.78 is 19.2. The number of hydrogen-bond acceptors (Lipinski definition) is 3. The molecule has 0 bridgehead atoms. The Kier molecular flexibility index (Phi) is 5.53. The van der Waals surface area contributed by atoms with E-state index in [2.05, 4.69) is 17.2 Å². The molecule has 1 heterocycles. The van der Waals surface area contributed by atoms with Gasteiger partial charge < -0.3 is 10.1 Å². The lowest BCUT2D eigenvalue weighted by Gasteiger charge is -2.10. The molecule has 0 aliphatic carbocycles. The lowest BCUT2D eigenvalue weighted by atomic mass is 10.2. The van der Waals surface area contributed by atoms with Crippen molar-refractivity contribution in [3.63, 3.8) is 0 Å². The number of nitrogens with zero attached hydrogens (tertiary/aromatic N) is 1. The van der Waals surface area contributed by atoms with Crippen LogP contribution in [-0.4, -0.2) is 11.5 Å². The van der Waals surface area contributed by atoms with Gasteiger partial charge in [0.05, 0.1) is 5.02 Å². The number of hydrogen-bond donors (Lipinski definition) is 1. The van der Waals surface area contributed by atoms with E-state index in [-0.39, 0.29) is 10.8 Å². The molecular weight excluding hydrogens is 291 g/mol. The van der Waals surface area contributed by atoms with E-state index in [1.807, 2.05) is 13.0 Å². The van der Waals surface area contributed by atoms with Crippen molar-refractivity contribution in [1.29, 1.82) is 0 Å². The highest BCUT2D eigenvalue weighted by molar-refractivity contribution is 6.30.